The van der Waals surface area contributed by atoms with Crippen LogP contribution in [0.15, 0.2) is 0 Å². The van der Waals surface area contributed by atoms with Crippen LogP contribution in [0.25, 0.3) is 0 Å². The standard InChI is InChI=1S/C12H24N2O2/c1-4-14-9-12(2,3)8-13-7-10(14)5-6-11(15)16/h10,13H,4-9H2,1-3H3,(H,15,16). The Morgan fingerprint density at radius 1 is 1.56 bits per heavy atom. The van der Waals surface area contributed by atoms with E-state index in [9.17, 15) is 4.79 Å². The number of likely N-dealkylation sites (N-methyl/N-ethyl adjacent to an activating group) is 1. The summed E-state index contributed by atoms with van der Waals surface area (Å²) in [5, 5.41) is 12.2. The van der Waals surface area contributed by atoms with E-state index in [1.54, 1.807) is 0 Å². The summed E-state index contributed by atoms with van der Waals surface area (Å²) in [7, 11) is 0. The topological polar surface area (TPSA) is 52.6 Å². The van der Waals surface area contributed by atoms with E-state index in [4.69, 9.17) is 5.11 Å². The fourth-order valence-electron chi connectivity index (χ4n) is 2.39. The van der Waals surface area contributed by atoms with Crippen molar-refractivity contribution in [3.05, 3.63) is 0 Å². The molecule has 94 valence electrons. The number of nitrogens with one attached hydrogen (secondary N) is 1. The van der Waals surface area contributed by atoms with Gasteiger partial charge < -0.3 is 10.4 Å². The molecule has 1 unspecified atom stereocenters. The number of nitrogens with zero attached hydrogens (tertiary/aromatic N) is 1. The van der Waals surface area contributed by atoms with E-state index in [1.807, 2.05) is 0 Å². The molecule has 4 heteroatoms. The molecule has 0 spiro atoms. The minimum atomic E-state index is -0.695. The molecule has 1 aliphatic heterocycles. The zero-order valence-electron chi connectivity index (χ0n) is 10.6. The molecule has 2 N–H and O–H groups in total. The smallest absolute Gasteiger partial charge is 0.303 e. The Morgan fingerprint density at radius 2 is 2.25 bits per heavy atom. The Morgan fingerprint density at radius 3 is 2.81 bits per heavy atom. The fraction of sp³-hybridized carbons (Fsp3) is 0.917. The molecular formula is C12H24N2O2. The van der Waals surface area contributed by atoms with Crippen LogP contribution in [0.1, 0.15) is 33.6 Å². The lowest BCUT2D eigenvalue weighted by molar-refractivity contribution is -0.137. The number of aliphatic carboxylic acids is 1. The van der Waals surface area contributed by atoms with Crippen LogP contribution in [-0.4, -0.2) is 48.2 Å². The second kappa shape index (κ2) is 5.64. The van der Waals surface area contributed by atoms with Crippen molar-refractivity contribution in [1.82, 2.24) is 10.2 Å². The average Bonchev–Trinajstić information content (AvgIpc) is 2.33. The van der Waals surface area contributed by atoms with Gasteiger partial charge in [0.25, 0.3) is 0 Å². The normalized spacial score (nSPS) is 26.3. The quantitative estimate of drug-likeness (QED) is 0.758. The van der Waals surface area contributed by atoms with E-state index in [2.05, 4.69) is 31.0 Å². The van der Waals surface area contributed by atoms with Crippen molar-refractivity contribution >= 4 is 5.97 Å². The Balaban J connectivity index is 2.57. The molecule has 0 amide bonds. The monoisotopic (exact) mass is 228 g/mol. The molecule has 1 heterocycles. The third-order valence-corrected chi connectivity index (χ3v) is 3.23. The Kier molecular flexibility index (Phi) is 4.74. The van der Waals surface area contributed by atoms with Crippen molar-refractivity contribution in [2.45, 2.75) is 39.7 Å². The molecule has 0 aromatic heterocycles. The van der Waals surface area contributed by atoms with Crippen LogP contribution in [-0.2, 0) is 4.79 Å². The Hall–Kier alpha value is -0.610. The van der Waals surface area contributed by atoms with E-state index in [-0.39, 0.29) is 11.8 Å². The van der Waals surface area contributed by atoms with Crippen molar-refractivity contribution in [3.8, 4) is 0 Å². The van der Waals surface area contributed by atoms with Gasteiger partial charge in [0, 0.05) is 32.1 Å². The van der Waals surface area contributed by atoms with Crippen molar-refractivity contribution < 1.29 is 9.90 Å². The molecule has 0 radical (unpaired) electrons. The fourth-order valence-corrected chi connectivity index (χ4v) is 2.39. The number of carboxylic acids is 1. The summed E-state index contributed by atoms with van der Waals surface area (Å²) in [6.45, 7) is 10.6. The number of carbonyl (C=O) groups is 1. The first-order chi connectivity index (χ1) is 7.44. The van der Waals surface area contributed by atoms with Gasteiger partial charge in [-0.3, -0.25) is 9.69 Å². The van der Waals surface area contributed by atoms with Gasteiger partial charge in [0.05, 0.1) is 0 Å². The van der Waals surface area contributed by atoms with Crippen molar-refractivity contribution in [3.63, 3.8) is 0 Å². The number of rotatable bonds is 4. The van der Waals surface area contributed by atoms with Crippen LogP contribution in [0.2, 0.25) is 0 Å². The molecule has 1 aliphatic rings. The summed E-state index contributed by atoms with van der Waals surface area (Å²) in [6.07, 6.45) is 1.01. The number of carboxylic acid groups (broad SMARTS) is 1. The predicted octanol–water partition coefficient (Wildman–Crippen LogP) is 1.17. The molecule has 4 nitrogen and oxygen atoms in total. The van der Waals surface area contributed by atoms with Gasteiger partial charge in [-0.15, -0.1) is 0 Å². The van der Waals surface area contributed by atoms with E-state index in [0.29, 0.717) is 6.04 Å². The minimum Gasteiger partial charge on any atom is -0.481 e. The molecule has 1 fully saturated rings. The summed E-state index contributed by atoms with van der Waals surface area (Å²) in [5.41, 5.74) is 0.272. The maximum absolute atomic E-state index is 10.6. The first kappa shape index (κ1) is 13.5. The second-order valence-corrected chi connectivity index (χ2v) is 5.44. The summed E-state index contributed by atoms with van der Waals surface area (Å²) in [4.78, 5) is 13.0. The molecule has 0 aromatic carbocycles. The average molecular weight is 228 g/mol. The largest absolute Gasteiger partial charge is 0.481 e. The van der Waals surface area contributed by atoms with Gasteiger partial charge in [0.15, 0.2) is 0 Å². The minimum absolute atomic E-state index is 0.267. The van der Waals surface area contributed by atoms with Gasteiger partial charge in [-0.05, 0) is 18.4 Å². The van der Waals surface area contributed by atoms with Crippen molar-refractivity contribution in [2.75, 3.05) is 26.2 Å². The van der Waals surface area contributed by atoms with E-state index >= 15 is 0 Å². The third kappa shape index (κ3) is 4.10. The van der Waals surface area contributed by atoms with Gasteiger partial charge in [-0.25, -0.2) is 0 Å². The molecular weight excluding hydrogens is 204 g/mol. The highest BCUT2D eigenvalue weighted by atomic mass is 16.4. The highest BCUT2D eigenvalue weighted by Crippen LogP contribution is 2.21. The molecule has 16 heavy (non-hydrogen) atoms. The Labute approximate surface area is 98.0 Å². The van der Waals surface area contributed by atoms with Crippen molar-refractivity contribution in [2.24, 2.45) is 5.41 Å². The van der Waals surface area contributed by atoms with Crippen LogP contribution < -0.4 is 5.32 Å². The van der Waals surface area contributed by atoms with Gasteiger partial charge in [-0.2, -0.15) is 0 Å². The molecule has 0 aromatic rings. The molecule has 1 atom stereocenters. The highest BCUT2D eigenvalue weighted by Gasteiger charge is 2.29. The molecule has 1 saturated heterocycles. The first-order valence-corrected chi connectivity index (χ1v) is 6.11. The lowest BCUT2D eigenvalue weighted by Gasteiger charge is -2.32. The van der Waals surface area contributed by atoms with Crippen LogP contribution in [0.3, 0.4) is 0 Å². The second-order valence-electron chi connectivity index (χ2n) is 5.44. The lowest BCUT2D eigenvalue weighted by Crippen LogP contribution is -2.41. The van der Waals surface area contributed by atoms with Gasteiger partial charge in [-0.1, -0.05) is 20.8 Å². The molecule has 0 aliphatic carbocycles. The van der Waals surface area contributed by atoms with E-state index in [1.165, 1.54) is 0 Å². The third-order valence-electron chi connectivity index (χ3n) is 3.23. The maximum atomic E-state index is 10.6. The SMILES string of the molecule is CCN1CC(C)(C)CNCC1CCC(=O)O. The predicted molar refractivity (Wildman–Crippen MR) is 64.6 cm³/mol. The molecule has 1 rings (SSSR count). The van der Waals surface area contributed by atoms with Crippen molar-refractivity contribution in [1.29, 1.82) is 0 Å². The number of hydrogen-bond donors (Lipinski definition) is 2. The van der Waals surface area contributed by atoms with Crippen LogP contribution >= 0.6 is 0 Å². The number of hydrogen-bond acceptors (Lipinski definition) is 3. The van der Waals surface area contributed by atoms with Gasteiger partial charge >= 0.3 is 5.97 Å². The zero-order chi connectivity index (χ0) is 12.2. The molecule has 0 bridgehead atoms. The summed E-state index contributed by atoms with van der Waals surface area (Å²) < 4.78 is 0. The summed E-state index contributed by atoms with van der Waals surface area (Å²) >= 11 is 0. The lowest BCUT2D eigenvalue weighted by atomic mass is 9.93. The Bertz CT molecular complexity index is 241. The maximum Gasteiger partial charge on any atom is 0.303 e. The van der Waals surface area contributed by atoms with Crippen LogP contribution in [0.5, 0.6) is 0 Å². The van der Waals surface area contributed by atoms with Gasteiger partial charge in [0.1, 0.15) is 0 Å². The summed E-state index contributed by atoms with van der Waals surface area (Å²) in [6, 6.07) is 0.364. The van der Waals surface area contributed by atoms with E-state index < -0.39 is 5.97 Å². The molecule has 0 saturated carbocycles. The zero-order valence-corrected chi connectivity index (χ0v) is 10.6. The highest BCUT2D eigenvalue weighted by molar-refractivity contribution is 5.66. The van der Waals surface area contributed by atoms with E-state index in [0.717, 1.165) is 32.6 Å². The first-order valence-electron chi connectivity index (χ1n) is 6.11. The van der Waals surface area contributed by atoms with Crippen LogP contribution in [0, 0.1) is 5.41 Å². The van der Waals surface area contributed by atoms with Gasteiger partial charge in [0.2, 0.25) is 0 Å². The summed E-state index contributed by atoms with van der Waals surface area (Å²) in [5.74, 6) is -0.695. The van der Waals surface area contributed by atoms with Crippen LogP contribution in [0.4, 0.5) is 0 Å².